The van der Waals surface area contributed by atoms with Gasteiger partial charge in [-0.05, 0) is 38.5 Å². The molecule has 0 aliphatic carbocycles. The summed E-state index contributed by atoms with van der Waals surface area (Å²) in [6, 6.07) is 19.9. The van der Waals surface area contributed by atoms with Gasteiger partial charge in [-0.15, -0.1) is 0 Å². The number of nitrogens with zero attached hydrogens (tertiary/aromatic N) is 4. The molecule has 33 heavy (non-hydrogen) atoms. The van der Waals surface area contributed by atoms with Crippen LogP contribution in [0.25, 0.3) is 33.3 Å². The zero-order valence-corrected chi connectivity index (χ0v) is 18.7. The zero-order valence-electron chi connectivity index (χ0n) is 18.7. The predicted octanol–water partition coefficient (Wildman–Crippen LogP) is 4.92. The summed E-state index contributed by atoms with van der Waals surface area (Å²) in [6.07, 6.45) is 3.29. The van der Waals surface area contributed by atoms with E-state index in [4.69, 9.17) is 4.98 Å². The van der Waals surface area contributed by atoms with Crippen LogP contribution in [0.5, 0.6) is 0 Å². The Kier molecular flexibility index (Phi) is 5.60. The number of fused-ring (bicyclic) bond motifs is 2. The van der Waals surface area contributed by atoms with Gasteiger partial charge in [-0.3, -0.25) is 4.79 Å². The second kappa shape index (κ2) is 8.86. The lowest BCUT2D eigenvalue weighted by Crippen LogP contribution is -2.25. The molecule has 0 aliphatic heterocycles. The highest BCUT2D eigenvalue weighted by atomic mass is 16.1. The van der Waals surface area contributed by atoms with E-state index < -0.39 is 0 Å². The number of amides is 1. The third-order valence-corrected chi connectivity index (χ3v) is 5.68. The molecule has 0 radical (unpaired) electrons. The normalized spacial score (nSPS) is 11.5. The Morgan fingerprint density at radius 3 is 2.64 bits per heavy atom. The summed E-state index contributed by atoms with van der Waals surface area (Å²) in [5.74, 6) is 0.814. The Bertz CT molecular complexity index is 1380. The van der Waals surface area contributed by atoms with Crippen LogP contribution in [0, 0.1) is 0 Å². The van der Waals surface area contributed by atoms with E-state index in [0.717, 1.165) is 52.0 Å². The number of hydrogen-bond acceptors (Lipinski definition) is 4. The van der Waals surface area contributed by atoms with Gasteiger partial charge in [-0.2, -0.15) is 5.10 Å². The van der Waals surface area contributed by atoms with Gasteiger partial charge in [0.15, 0.2) is 5.65 Å². The molecule has 5 aromatic rings. The van der Waals surface area contributed by atoms with E-state index in [1.807, 2.05) is 65.3 Å². The number of hydrogen-bond donors (Lipinski definition) is 2. The molecule has 1 amide bonds. The minimum atomic E-state index is -0.118. The Labute approximate surface area is 191 Å². The number of H-pyrrole nitrogens is 1. The molecule has 0 bridgehead atoms. The van der Waals surface area contributed by atoms with Gasteiger partial charge in [0.1, 0.15) is 5.82 Å². The molecule has 2 N–H and O–H groups in total. The molecule has 0 unspecified atom stereocenters. The number of imidazole rings is 1. The first-order valence-corrected chi connectivity index (χ1v) is 11.3. The molecule has 0 saturated heterocycles. The molecule has 0 spiro atoms. The van der Waals surface area contributed by atoms with E-state index in [1.165, 1.54) is 0 Å². The average molecular weight is 439 g/mol. The van der Waals surface area contributed by atoms with Crippen LogP contribution in [0.2, 0.25) is 0 Å². The van der Waals surface area contributed by atoms with Crippen molar-refractivity contribution in [3.05, 3.63) is 78.2 Å². The summed E-state index contributed by atoms with van der Waals surface area (Å²) in [6.45, 7) is 4.67. The highest BCUT2D eigenvalue weighted by Crippen LogP contribution is 2.26. The van der Waals surface area contributed by atoms with Gasteiger partial charge >= 0.3 is 0 Å². The van der Waals surface area contributed by atoms with Gasteiger partial charge in [0.05, 0.1) is 33.9 Å². The fourth-order valence-electron chi connectivity index (χ4n) is 4.02. The maximum absolute atomic E-state index is 13.2. The lowest BCUT2D eigenvalue weighted by molar-refractivity contribution is 0.0954. The lowest BCUT2D eigenvalue weighted by Gasteiger charge is -2.11. The molecular formula is C26H26N6O. The number of pyridine rings is 1. The van der Waals surface area contributed by atoms with Crippen LogP contribution >= 0.6 is 0 Å². The third-order valence-electron chi connectivity index (χ3n) is 5.68. The highest BCUT2D eigenvalue weighted by molar-refractivity contribution is 6.06. The van der Waals surface area contributed by atoms with Crippen LogP contribution < -0.4 is 5.32 Å². The van der Waals surface area contributed by atoms with Crippen molar-refractivity contribution >= 4 is 28.0 Å². The Morgan fingerprint density at radius 2 is 1.85 bits per heavy atom. The number of carbonyl (C=O) groups is 1. The third kappa shape index (κ3) is 4.22. The van der Waals surface area contributed by atoms with Gasteiger partial charge in [0, 0.05) is 24.6 Å². The second-order valence-electron chi connectivity index (χ2n) is 8.40. The minimum Gasteiger partial charge on any atom is -0.352 e. The molecule has 0 fully saturated rings. The number of aromatic amines is 1. The maximum Gasteiger partial charge on any atom is 0.252 e. The molecule has 3 heterocycles. The summed E-state index contributed by atoms with van der Waals surface area (Å²) in [5, 5.41) is 8.32. The first-order chi connectivity index (χ1) is 16.1. The number of carbonyl (C=O) groups excluding carboxylic acids is 1. The topological polar surface area (TPSA) is 88.5 Å². The number of rotatable bonds is 7. The van der Waals surface area contributed by atoms with Crippen LogP contribution in [0.1, 0.15) is 42.5 Å². The van der Waals surface area contributed by atoms with E-state index in [2.05, 4.69) is 34.2 Å². The van der Waals surface area contributed by atoms with Crippen molar-refractivity contribution < 1.29 is 4.79 Å². The highest BCUT2D eigenvalue weighted by Gasteiger charge is 2.18. The number of aromatic nitrogens is 5. The fourth-order valence-corrected chi connectivity index (χ4v) is 4.02. The number of aryl methyl sites for hydroxylation is 1. The molecule has 7 heteroatoms. The summed E-state index contributed by atoms with van der Waals surface area (Å²) >= 11 is 0. The number of para-hydroxylation sites is 2. The van der Waals surface area contributed by atoms with E-state index >= 15 is 0 Å². The molecule has 0 aliphatic rings. The van der Waals surface area contributed by atoms with Crippen molar-refractivity contribution in [2.24, 2.45) is 0 Å². The van der Waals surface area contributed by atoms with Crippen molar-refractivity contribution in [3.63, 3.8) is 0 Å². The summed E-state index contributed by atoms with van der Waals surface area (Å²) in [7, 11) is 0. The van der Waals surface area contributed by atoms with E-state index in [-0.39, 0.29) is 11.9 Å². The molecule has 5 rings (SSSR count). The first kappa shape index (κ1) is 20.9. The SMILES string of the molecule is CC(C)n1ncc2c(C(=O)NCCCc3nc4ccccc4[nH]3)cc(-c3ccccc3)nc21. The van der Waals surface area contributed by atoms with Gasteiger partial charge in [0.25, 0.3) is 5.91 Å². The smallest absolute Gasteiger partial charge is 0.252 e. The summed E-state index contributed by atoms with van der Waals surface area (Å²) < 4.78 is 1.86. The van der Waals surface area contributed by atoms with Crippen molar-refractivity contribution in [2.45, 2.75) is 32.7 Å². The number of benzene rings is 2. The monoisotopic (exact) mass is 438 g/mol. The summed E-state index contributed by atoms with van der Waals surface area (Å²) in [4.78, 5) is 25.9. The van der Waals surface area contributed by atoms with E-state index in [0.29, 0.717) is 12.1 Å². The standard InChI is InChI=1S/C26H26N6O/c1-17(2)32-25-20(16-28-32)19(15-23(31-25)18-9-4-3-5-10-18)26(33)27-14-8-13-24-29-21-11-6-7-12-22(21)30-24/h3-7,9-12,15-17H,8,13-14H2,1-2H3,(H,27,33)(H,29,30). The summed E-state index contributed by atoms with van der Waals surface area (Å²) in [5.41, 5.74) is 5.04. The van der Waals surface area contributed by atoms with E-state index in [9.17, 15) is 4.79 Å². The average Bonchev–Trinajstić information content (AvgIpc) is 3.45. The van der Waals surface area contributed by atoms with Crippen LogP contribution in [-0.2, 0) is 6.42 Å². The van der Waals surface area contributed by atoms with Gasteiger partial charge in [-0.25, -0.2) is 14.6 Å². The van der Waals surface area contributed by atoms with Crippen LogP contribution in [0.3, 0.4) is 0 Å². The molecular weight excluding hydrogens is 412 g/mol. The van der Waals surface area contributed by atoms with Crippen LogP contribution in [0.4, 0.5) is 0 Å². The predicted molar refractivity (Wildman–Crippen MR) is 130 cm³/mol. The van der Waals surface area contributed by atoms with Crippen molar-refractivity contribution in [1.29, 1.82) is 0 Å². The lowest BCUT2D eigenvalue weighted by atomic mass is 10.1. The fraction of sp³-hybridized carbons (Fsp3) is 0.231. The van der Waals surface area contributed by atoms with Crippen molar-refractivity contribution in [3.8, 4) is 11.3 Å². The molecule has 166 valence electrons. The molecule has 2 aromatic carbocycles. The van der Waals surface area contributed by atoms with Crippen LogP contribution in [-0.4, -0.2) is 37.2 Å². The minimum absolute atomic E-state index is 0.118. The maximum atomic E-state index is 13.2. The van der Waals surface area contributed by atoms with Crippen molar-refractivity contribution in [2.75, 3.05) is 6.54 Å². The van der Waals surface area contributed by atoms with E-state index in [1.54, 1.807) is 6.20 Å². The first-order valence-electron chi connectivity index (χ1n) is 11.3. The quantitative estimate of drug-likeness (QED) is 0.353. The van der Waals surface area contributed by atoms with Crippen LogP contribution in [0.15, 0.2) is 66.9 Å². The molecule has 3 aromatic heterocycles. The zero-order chi connectivity index (χ0) is 22.8. The largest absolute Gasteiger partial charge is 0.352 e. The van der Waals surface area contributed by atoms with Gasteiger partial charge in [0.2, 0.25) is 0 Å². The van der Waals surface area contributed by atoms with Crippen molar-refractivity contribution in [1.82, 2.24) is 30.0 Å². The Morgan fingerprint density at radius 1 is 1.06 bits per heavy atom. The molecule has 7 nitrogen and oxygen atoms in total. The molecule has 0 atom stereocenters. The Balaban J connectivity index is 1.35. The molecule has 0 saturated carbocycles. The van der Waals surface area contributed by atoms with Gasteiger partial charge < -0.3 is 10.3 Å². The number of nitrogens with one attached hydrogen (secondary N) is 2. The Hall–Kier alpha value is -4.00. The van der Waals surface area contributed by atoms with Gasteiger partial charge in [-0.1, -0.05) is 42.5 Å². The second-order valence-corrected chi connectivity index (χ2v) is 8.40.